The second-order valence-corrected chi connectivity index (χ2v) is 5.55. The van der Waals surface area contributed by atoms with Gasteiger partial charge in [0.15, 0.2) is 6.10 Å². The highest BCUT2D eigenvalue weighted by Gasteiger charge is 2.39. The third-order valence-electron chi connectivity index (χ3n) is 3.78. The van der Waals surface area contributed by atoms with Crippen LogP contribution in [0.15, 0.2) is 61.1 Å². The Balaban J connectivity index is 1.89. The second-order valence-electron chi connectivity index (χ2n) is 5.55. The highest BCUT2D eigenvalue weighted by molar-refractivity contribution is 5.73. The Morgan fingerprint density at radius 1 is 1.00 bits per heavy atom. The molecule has 1 unspecified atom stereocenters. The van der Waals surface area contributed by atoms with Gasteiger partial charge in [0.2, 0.25) is 5.88 Å². The topological polar surface area (TPSA) is 64.5 Å². The first kappa shape index (κ1) is 18.7. The lowest BCUT2D eigenvalue weighted by atomic mass is 10.1. The van der Waals surface area contributed by atoms with Crippen LogP contribution in [0.25, 0.3) is 11.1 Å². The van der Waals surface area contributed by atoms with E-state index in [2.05, 4.69) is 9.97 Å². The quantitative estimate of drug-likeness (QED) is 0.708. The molecule has 0 spiro atoms. The van der Waals surface area contributed by atoms with Gasteiger partial charge in [-0.1, -0.05) is 12.1 Å². The van der Waals surface area contributed by atoms with Crippen molar-refractivity contribution in [3.8, 4) is 28.5 Å². The van der Waals surface area contributed by atoms with E-state index in [0.29, 0.717) is 16.9 Å². The van der Waals surface area contributed by atoms with E-state index in [1.165, 1.54) is 25.4 Å². The Morgan fingerprint density at radius 3 is 2.41 bits per heavy atom. The molecular formula is C19H15F3N2O3. The number of aliphatic hydroxyl groups excluding tert-OH is 1. The molecule has 0 aliphatic rings. The lowest BCUT2D eigenvalue weighted by Crippen LogP contribution is -2.19. The van der Waals surface area contributed by atoms with Crippen LogP contribution in [-0.2, 0) is 0 Å². The van der Waals surface area contributed by atoms with Crippen LogP contribution in [0.3, 0.4) is 0 Å². The number of pyridine rings is 2. The van der Waals surface area contributed by atoms with Crippen molar-refractivity contribution in [3.05, 3.63) is 66.6 Å². The van der Waals surface area contributed by atoms with E-state index < -0.39 is 12.3 Å². The first-order valence-electron chi connectivity index (χ1n) is 7.86. The second kappa shape index (κ2) is 7.63. The third-order valence-corrected chi connectivity index (χ3v) is 3.78. The van der Waals surface area contributed by atoms with Crippen molar-refractivity contribution < 1.29 is 27.8 Å². The number of benzene rings is 1. The average Bonchev–Trinajstić information content (AvgIpc) is 2.68. The maximum atomic E-state index is 12.6. The van der Waals surface area contributed by atoms with Gasteiger partial charge in [-0.3, -0.25) is 4.98 Å². The molecule has 2 aromatic heterocycles. The predicted molar refractivity (Wildman–Crippen MR) is 91.6 cm³/mol. The lowest BCUT2D eigenvalue weighted by Gasteiger charge is -2.15. The molecule has 0 aliphatic carbocycles. The molecule has 0 amide bonds. The van der Waals surface area contributed by atoms with Crippen molar-refractivity contribution >= 4 is 0 Å². The zero-order chi connectivity index (χ0) is 19.4. The molecule has 1 aromatic carbocycles. The van der Waals surface area contributed by atoms with Gasteiger partial charge in [0.05, 0.1) is 7.11 Å². The number of alkyl halides is 3. The van der Waals surface area contributed by atoms with Gasteiger partial charge < -0.3 is 14.6 Å². The molecule has 0 radical (unpaired) electrons. The summed E-state index contributed by atoms with van der Waals surface area (Å²) in [7, 11) is 1.53. The summed E-state index contributed by atoms with van der Waals surface area (Å²) >= 11 is 0. The summed E-state index contributed by atoms with van der Waals surface area (Å²) in [5, 5.41) is 9.29. The molecule has 0 fully saturated rings. The van der Waals surface area contributed by atoms with Crippen LogP contribution in [0.5, 0.6) is 17.4 Å². The molecule has 2 heterocycles. The fourth-order valence-corrected chi connectivity index (χ4v) is 2.46. The van der Waals surface area contributed by atoms with E-state index in [1.54, 1.807) is 30.6 Å². The highest BCUT2D eigenvalue weighted by Crippen LogP contribution is 2.37. The van der Waals surface area contributed by atoms with Crippen LogP contribution in [0, 0.1) is 0 Å². The molecule has 0 saturated carbocycles. The summed E-state index contributed by atoms with van der Waals surface area (Å²) in [5.41, 5.74) is 0.999. The number of ether oxygens (including phenoxy) is 2. The number of aliphatic hydroxyl groups is 1. The Labute approximate surface area is 153 Å². The molecule has 5 nitrogen and oxygen atoms in total. The minimum atomic E-state index is -4.73. The van der Waals surface area contributed by atoms with E-state index in [-0.39, 0.29) is 17.2 Å². The molecule has 140 valence electrons. The lowest BCUT2D eigenvalue weighted by molar-refractivity contribution is -0.206. The normalized spacial score (nSPS) is 12.5. The maximum absolute atomic E-state index is 12.6. The predicted octanol–water partition coefficient (Wildman–Crippen LogP) is 4.54. The van der Waals surface area contributed by atoms with E-state index in [1.807, 2.05) is 0 Å². The molecule has 1 atom stereocenters. The Bertz CT molecular complexity index is 915. The van der Waals surface area contributed by atoms with Crippen molar-refractivity contribution in [2.45, 2.75) is 12.3 Å². The number of halogens is 3. The molecule has 3 aromatic rings. The van der Waals surface area contributed by atoms with E-state index in [0.717, 1.165) is 12.1 Å². The van der Waals surface area contributed by atoms with Gasteiger partial charge in [-0.25, -0.2) is 4.98 Å². The monoisotopic (exact) mass is 376 g/mol. The molecule has 0 bridgehead atoms. The minimum absolute atomic E-state index is 0.243. The Morgan fingerprint density at radius 2 is 1.74 bits per heavy atom. The number of methoxy groups -OCH3 is 1. The average molecular weight is 376 g/mol. The van der Waals surface area contributed by atoms with E-state index in [9.17, 15) is 18.3 Å². The van der Waals surface area contributed by atoms with Crippen molar-refractivity contribution in [1.29, 1.82) is 0 Å². The van der Waals surface area contributed by atoms with Crippen LogP contribution in [0.1, 0.15) is 11.7 Å². The first-order valence-corrected chi connectivity index (χ1v) is 7.86. The SMILES string of the molecule is COc1ccncc1-c1cccnc1Oc1ccc(C(O)C(F)(F)F)cc1. The van der Waals surface area contributed by atoms with E-state index >= 15 is 0 Å². The van der Waals surface area contributed by atoms with E-state index in [4.69, 9.17) is 9.47 Å². The largest absolute Gasteiger partial charge is 0.496 e. The van der Waals surface area contributed by atoms with Crippen LogP contribution >= 0.6 is 0 Å². The van der Waals surface area contributed by atoms with Crippen molar-refractivity contribution in [1.82, 2.24) is 9.97 Å². The zero-order valence-electron chi connectivity index (χ0n) is 14.1. The molecule has 8 heteroatoms. The number of aromatic nitrogens is 2. The summed E-state index contributed by atoms with van der Waals surface area (Å²) in [6.45, 7) is 0. The molecule has 3 rings (SSSR count). The maximum Gasteiger partial charge on any atom is 0.418 e. The standard InChI is InChI=1S/C19H15F3N2O3/c1-26-16-8-10-23-11-15(16)14-3-2-9-24-18(14)27-13-6-4-12(5-7-13)17(25)19(20,21)22/h2-11,17,25H,1H3. The van der Waals surface area contributed by atoms with Gasteiger partial charge in [-0.15, -0.1) is 0 Å². The highest BCUT2D eigenvalue weighted by atomic mass is 19.4. The van der Waals surface area contributed by atoms with Crippen LogP contribution in [-0.4, -0.2) is 28.4 Å². The molecule has 0 aliphatic heterocycles. The zero-order valence-corrected chi connectivity index (χ0v) is 14.1. The molecule has 27 heavy (non-hydrogen) atoms. The summed E-state index contributed by atoms with van der Waals surface area (Å²) < 4.78 is 48.8. The minimum Gasteiger partial charge on any atom is -0.496 e. The Kier molecular flexibility index (Phi) is 5.27. The fraction of sp³-hybridized carbons (Fsp3) is 0.158. The van der Waals surface area contributed by atoms with Gasteiger partial charge >= 0.3 is 6.18 Å². The summed E-state index contributed by atoms with van der Waals surface area (Å²) in [6, 6.07) is 10.2. The molecule has 1 N–H and O–H groups in total. The third kappa shape index (κ3) is 4.17. The first-order chi connectivity index (χ1) is 12.9. The van der Waals surface area contributed by atoms with Gasteiger partial charge in [0, 0.05) is 29.7 Å². The summed E-state index contributed by atoms with van der Waals surface area (Å²) in [6.07, 6.45) is -2.55. The van der Waals surface area contributed by atoms with Crippen LogP contribution < -0.4 is 9.47 Å². The molecule has 0 saturated heterocycles. The van der Waals surface area contributed by atoms with Crippen molar-refractivity contribution in [2.75, 3.05) is 7.11 Å². The van der Waals surface area contributed by atoms with Crippen molar-refractivity contribution in [2.24, 2.45) is 0 Å². The van der Waals surface area contributed by atoms with Crippen LogP contribution in [0.4, 0.5) is 13.2 Å². The smallest absolute Gasteiger partial charge is 0.418 e. The number of hydrogen-bond acceptors (Lipinski definition) is 5. The van der Waals surface area contributed by atoms with Gasteiger partial charge in [0.25, 0.3) is 0 Å². The number of rotatable bonds is 5. The van der Waals surface area contributed by atoms with Crippen LogP contribution in [0.2, 0.25) is 0 Å². The van der Waals surface area contributed by atoms with Gasteiger partial charge in [0.1, 0.15) is 11.5 Å². The van der Waals surface area contributed by atoms with Gasteiger partial charge in [-0.2, -0.15) is 13.2 Å². The van der Waals surface area contributed by atoms with Gasteiger partial charge in [-0.05, 0) is 35.9 Å². The summed E-state index contributed by atoms with van der Waals surface area (Å²) in [5.74, 6) is 1.09. The summed E-state index contributed by atoms with van der Waals surface area (Å²) in [4.78, 5) is 8.26. The fourth-order valence-electron chi connectivity index (χ4n) is 2.46. The number of nitrogens with zero attached hydrogens (tertiary/aromatic N) is 2. The number of hydrogen-bond donors (Lipinski definition) is 1. The van der Waals surface area contributed by atoms with Crippen molar-refractivity contribution in [3.63, 3.8) is 0 Å². The Hall–Kier alpha value is -3.13. The molecular weight excluding hydrogens is 361 g/mol.